The predicted molar refractivity (Wildman–Crippen MR) is 249 cm³/mol. The number of nitriles is 1. The fourth-order valence-electron chi connectivity index (χ4n) is 10.5. The summed E-state index contributed by atoms with van der Waals surface area (Å²) in [5.41, 5.74) is 6.35. The average molecular weight is 904 g/mol. The van der Waals surface area contributed by atoms with Crippen LogP contribution < -0.4 is 15.5 Å². The smallest absolute Gasteiger partial charge is 0.249 e. The lowest BCUT2D eigenvalue weighted by Crippen LogP contribution is -2.47. The highest BCUT2D eigenvalue weighted by molar-refractivity contribution is 6.01. The number of benzene rings is 1. The average Bonchev–Trinajstić information content (AvgIpc) is 4.04. The molecule has 4 fully saturated rings. The van der Waals surface area contributed by atoms with Crippen molar-refractivity contribution < 1.29 is 18.8 Å². The predicted octanol–water partition coefficient (Wildman–Crippen LogP) is 6.27. The third-order valence-corrected chi connectivity index (χ3v) is 14.6. The molecule has 67 heavy (non-hydrogen) atoms. The molecule has 6 aromatic rings. The van der Waals surface area contributed by atoms with Gasteiger partial charge in [0.2, 0.25) is 17.7 Å². The monoisotopic (exact) mass is 903 g/mol. The van der Waals surface area contributed by atoms with Crippen molar-refractivity contribution in [1.29, 1.82) is 5.26 Å². The van der Waals surface area contributed by atoms with Crippen LogP contribution in [0.15, 0.2) is 85.7 Å². The minimum Gasteiger partial charge on any atom is -0.374 e. The van der Waals surface area contributed by atoms with E-state index < -0.39 is 11.9 Å². The number of hydrogen-bond acceptors (Lipinski definition) is 12. The lowest BCUT2D eigenvalue weighted by Gasteiger charge is -2.41. The van der Waals surface area contributed by atoms with Crippen molar-refractivity contribution in [2.24, 2.45) is 0 Å². The molecule has 4 aliphatic rings. The van der Waals surface area contributed by atoms with E-state index >= 15 is 4.39 Å². The van der Waals surface area contributed by atoms with E-state index in [1.165, 1.54) is 11.8 Å². The molecule has 3 amide bonds. The normalized spacial score (nSPS) is 19.6. The number of carbonyl (C=O) groups excluding carboxylic acids is 3. The van der Waals surface area contributed by atoms with Gasteiger partial charge in [0, 0.05) is 79.1 Å². The summed E-state index contributed by atoms with van der Waals surface area (Å²) in [4.78, 5) is 58.3. The standard InChI is InChI=1S/C50H54FN13O3/c1-2-50(43-5-3-4-18-53-43)16-23-61(24-17-50)44-10-6-34(27-54-44)47-48-35(26-52)28-56-64(48)31-42(58-47)36-29-55-63(30-36)38-14-21-62(22-15-38)46(66)32-60-19-12-33(13-20-60)39-8-7-37(25-40(39)51)57-41-9-11-45(65)59-49(41)67/h3-8,10,18,25,27-31,33,38,41,57H,2,9,11-17,19-24,32H2,1H3,(H,59,65,67). The van der Waals surface area contributed by atoms with Crippen molar-refractivity contribution in [2.45, 2.75) is 88.1 Å². The second-order valence-corrected chi connectivity index (χ2v) is 18.4. The van der Waals surface area contributed by atoms with Crippen LogP contribution in [-0.4, -0.2) is 114 Å². The number of halogens is 1. The largest absolute Gasteiger partial charge is 0.374 e. The number of pyridine rings is 2. The SMILES string of the molecule is CCC1(c2ccccn2)CCN(c2ccc(-c3nc(-c4cnn(C5CCN(C(=O)CN6CCC(c7ccc(NC8CCC(=O)NC8=O)cc7F)CC6)CC5)c4)cn4ncc(C#N)c34)cn2)CC1. The van der Waals surface area contributed by atoms with Crippen molar-refractivity contribution in [2.75, 3.05) is 56.0 Å². The second-order valence-electron chi connectivity index (χ2n) is 18.4. The first-order valence-corrected chi connectivity index (χ1v) is 23.5. The van der Waals surface area contributed by atoms with Gasteiger partial charge in [0.1, 0.15) is 34.8 Å². The molecule has 4 aliphatic heterocycles. The van der Waals surface area contributed by atoms with Crippen molar-refractivity contribution in [3.8, 4) is 28.6 Å². The highest BCUT2D eigenvalue weighted by atomic mass is 19.1. The number of carbonyl (C=O) groups is 3. The quantitative estimate of drug-likeness (QED) is 0.139. The van der Waals surface area contributed by atoms with Crippen molar-refractivity contribution in [1.82, 2.24) is 49.5 Å². The molecule has 0 bridgehead atoms. The summed E-state index contributed by atoms with van der Waals surface area (Å²) in [6, 6.07) is 17.1. The van der Waals surface area contributed by atoms with E-state index in [0.717, 1.165) is 75.0 Å². The van der Waals surface area contributed by atoms with Crippen LogP contribution in [0.1, 0.15) is 93.5 Å². The lowest BCUT2D eigenvalue weighted by atomic mass is 9.73. The van der Waals surface area contributed by atoms with Gasteiger partial charge in [-0.05, 0) is 112 Å². The summed E-state index contributed by atoms with van der Waals surface area (Å²) >= 11 is 0. The molecule has 1 unspecified atom stereocenters. The highest BCUT2D eigenvalue weighted by Crippen LogP contribution is 2.39. The molecule has 4 saturated heterocycles. The molecule has 17 heteroatoms. The maximum atomic E-state index is 15.3. The van der Waals surface area contributed by atoms with E-state index in [1.807, 2.05) is 58.8 Å². The van der Waals surface area contributed by atoms with Gasteiger partial charge in [0.05, 0.1) is 42.6 Å². The first kappa shape index (κ1) is 43.8. The van der Waals surface area contributed by atoms with Crippen LogP contribution in [0.5, 0.6) is 0 Å². The first-order valence-electron chi connectivity index (χ1n) is 23.5. The zero-order chi connectivity index (χ0) is 46.1. The van der Waals surface area contributed by atoms with Crippen molar-refractivity contribution >= 4 is 34.7 Å². The van der Waals surface area contributed by atoms with Gasteiger partial charge < -0.3 is 15.1 Å². The Bertz CT molecular complexity index is 2820. The molecule has 9 heterocycles. The Hall–Kier alpha value is -7.06. The third kappa shape index (κ3) is 8.97. The lowest BCUT2D eigenvalue weighted by molar-refractivity contribution is -0.135. The van der Waals surface area contributed by atoms with E-state index in [9.17, 15) is 19.6 Å². The molecular formula is C50H54FN13O3. The number of anilines is 2. The number of imide groups is 1. The Labute approximate surface area is 388 Å². The summed E-state index contributed by atoms with van der Waals surface area (Å²) in [5, 5.41) is 24.7. The molecule has 10 rings (SSSR count). The third-order valence-electron chi connectivity index (χ3n) is 14.6. The number of aromatic nitrogens is 7. The molecule has 344 valence electrons. The van der Waals surface area contributed by atoms with Crippen LogP contribution in [-0.2, 0) is 19.8 Å². The fourth-order valence-corrected chi connectivity index (χ4v) is 10.5. The van der Waals surface area contributed by atoms with Gasteiger partial charge in [-0.1, -0.05) is 19.1 Å². The Morgan fingerprint density at radius 2 is 1.73 bits per heavy atom. The molecule has 0 saturated carbocycles. The molecule has 2 N–H and O–H groups in total. The van der Waals surface area contributed by atoms with Gasteiger partial charge in [-0.3, -0.25) is 34.3 Å². The minimum atomic E-state index is -0.573. The second kappa shape index (κ2) is 18.7. The Balaban J connectivity index is 0.738. The maximum absolute atomic E-state index is 15.3. The summed E-state index contributed by atoms with van der Waals surface area (Å²) in [5.74, 6) is 0.0491. The molecule has 1 aromatic carbocycles. The maximum Gasteiger partial charge on any atom is 0.249 e. The van der Waals surface area contributed by atoms with Crippen LogP contribution in [0.25, 0.3) is 28.0 Å². The summed E-state index contributed by atoms with van der Waals surface area (Å²) < 4.78 is 19.0. The molecule has 0 spiro atoms. The van der Waals surface area contributed by atoms with Gasteiger partial charge in [-0.15, -0.1) is 0 Å². The number of rotatable bonds is 11. The number of nitrogens with one attached hydrogen (secondary N) is 2. The molecule has 0 radical (unpaired) electrons. The number of piperidine rings is 4. The van der Waals surface area contributed by atoms with Crippen LogP contribution in [0.4, 0.5) is 15.9 Å². The van der Waals surface area contributed by atoms with Gasteiger partial charge in [-0.2, -0.15) is 15.5 Å². The number of amides is 3. The topological polar surface area (TPSA) is 183 Å². The molecule has 0 aliphatic carbocycles. The molecule has 1 atom stereocenters. The van der Waals surface area contributed by atoms with Gasteiger partial charge in [0.15, 0.2) is 0 Å². The number of likely N-dealkylation sites (tertiary alicyclic amines) is 2. The van der Waals surface area contributed by atoms with Crippen molar-refractivity contribution in [3.05, 3.63) is 108 Å². The van der Waals surface area contributed by atoms with Gasteiger partial charge in [0.25, 0.3) is 0 Å². The summed E-state index contributed by atoms with van der Waals surface area (Å²) in [6.45, 7) is 7.00. The van der Waals surface area contributed by atoms with Gasteiger partial charge >= 0.3 is 0 Å². The number of nitrogens with zero attached hydrogens (tertiary/aromatic N) is 11. The molecule has 5 aromatic heterocycles. The molecular weight excluding hydrogens is 850 g/mol. The summed E-state index contributed by atoms with van der Waals surface area (Å²) in [6.07, 6.45) is 17.6. The highest BCUT2D eigenvalue weighted by Gasteiger charge is 2.36. The zero-order valence-electron chi connectivity index (χ0n) is 37.7. The van der Waals surface area contributed by atoms with E-state index in [1.54, 1.807) is 22.8 Å². The summed E-state index contributed by atoms with van der Waals surface area (Å²) in [7, 11) is 0. The Kier molecular flexibility index (Phi) is 12.2. The van der Waals surface area contributed by atoms with Crippen molar-refractivity contribution in [3.63, 3.8) is 0 Å². The van der Waals surface area contributed by atoms with E-state index in [4.69, 9.17) is 20.1 Å². The Morgan fingerprint density at radius 3 is 2.43 bits per heavy atom. The van der Waals surface area contributed by atoms with E-state index in [-0.39, 0.29) is 41.4 Å². The minimum absolute atomic E-state index is 0.0405. The van der Waals surface area contributed by atoms with Gasteiger partial charge in [-0.25, -0.2) is 18.9 Å². The van der Waals surface area contributed by atoms with E-state index in [0.29, 0.717) is 72.9 Å². The Morgan fingerprint density at radius 1 is 0.910 bits per heavy atom. The van der Waals surface area contributed by atoms with Crippen LogP contribution in [0.3, 0.4) is 0 Å². The first-order chi connectivity index (χ1) is 32.7. The zero-order valence-corrected chi connectivity index (χ0v) is 37.7. The van der Waals surface area contributed by atoms with Crippen LogP contribution in [0.2, 0.25) is 0 Å². The fraction of sp³-hybridized carbons (Fsp3) is 0.420. The van der Waals surface area contributed by atoms with Crippen LogP contribution in [0, 0.1) is 17.1 Å². The van der Waals surface area contributed by atoms with E-state index in [2.05, 4.69) is 50.7 Å². The number of fused-ring (bicyclic) bond motifs is 1. The van der Waals surface area contributed by atoms with Crippen LogP contribution >= 0.6 is 0 Å². The molecule has 16 nitrogen and oxygen atoms in total. The number of hydrogen-bond donors (Lipinski definition) is 2.